The maximum atomic E-state index is 14.0. The van der Waals surface area contributed by atoms with Gasteiger partial charge >= 0.3 is 0 Å². The van der Waals surface area contributed by atoms with Gasteiger partial charge in [0.25, 0.3) is 5.91 Å². The second-order valence-corrected chi connectivity index (χ2v) is 10.6. The molecule has 2 heterocycles. The molecule has 2 amide bonds. The number of fused-ring (bicyclic) bond motifs is 1. The number of carbonyl (C=O) groups is 2. The molecule has 0 saturated carbocycles. The van der Waals surface area contributed by atoms with Gasteiger partial charge in [-0.05, 0) is 49.6 Å². The number of rotatable bonds is 4. The first-order chi connectivity index (χ1) is 15.1. The van der Waals surface area contributed by atoms with Gasteiger partial charge in [-0.1, -0.05) is 15.9 Å². The van der Waals surface area contributed by atoms with Gasteiger partial charge in [0, 0.05) is 29.5 Å². The number of hydrogen-bond acceptors (Lipinski definition) is 5. The van der Waals surface area contributed by atoms with Gasteiger partial charge in [0.05, 0.1) is 16.3 Å². The van der Waals surface area contributed by atoms with Crippen LogP contribution in [0.5, 0.6) is 5.75 Å². The van der Waals surface area contributed by atoms with Gasteiger partial charge in [0.1, 0.15) is 11.6 Å². The van der Waals surface area contributed by atoms with Crippen molar-refractivity contribution >= 4 is 49.1 Å². The third kappa shape index (κ3) is 4.50. The molecule has 0 aromatic heterocycles. The van der Waals surface area contributed by atoms with Crippen molar-refractivity contribution in [1.29, 1.82) is 0 Å². The van der Waals surface area contributed by atoms with Crippen LogP contribution in [0.3, 0.4) is 0 Å². The highest BCUT2D eigenvalue weighted by Gasteiger charge is 2.34. The Bertz CT molecular complexity index is 1200. The third-order valence-corrected chi connectivity index (χ3v) is 8.08. The molecule has 11 heteroatoms. The number of piperidine rings is 1. The van der Waals surface area contributed by atoms with E-state index in [1.54, 1.807) is 19.1 Å². The van der Waals surface area contributed by atoms with Crippen LogP contribution < -0.4 is 15.4 Å². The van der Waals surface area contributed by atoms with Crippen LogP contribution in [0.25, 0.3) is 0 Å². The molecule has 0 bridgehead atoms. The SMILES string of the molecule is Cc1cc2c(cc1S(=O)(=O)N1CCC(C(=O)Nc3ccc(Br)cc3F)CC1)OCC(=O)N2. The van der Waals surface area contributed by atoms with Crippen LogP contribution in [0, 0.1) is 18.7 Å². The molecule has 2 N–H and O–H groups in total. The molecular weight excluding hydrogens is 505 g/mol. The molecular formula is C21H21BrFN3O5S. The van der Waals surface area contributed by atoms with E-state index in [9.17, 15) is 22.4 Å². The average molecular weight is 526 g/mol. The maximum Gasteiger partial charge on any atom is 0.262 e. The number of amides is 2. The van der Waals surface area contributed by atoms with Gasteiger partial charge in [-0.25, -0.2) is 12.8 Å². The maximum absolute atomic E-state index is 14.0. The highest BCUT2D eigenvalue weighted by molar-refractivity contribution is 9.10. The number of anilines is 2. The summed E-state index contributed by atoms with van der Waals surface area (Å²) < 4.78 is 47.7. The minimum atomic E-state index is -3.82. The van der Waals surface area contributed by atoms with E-state index in [1.807, 2.05) is 0 Å². The minimum Gasteiger partial charge on any atom is -0.482 e. The summed E-state index contributed by atoms with van der Waals surface area (Å²) in [4.78, 5) is 24.2. The summed E-state index contributed by atoms with van der Waals surface area (Å²) in [7, 11) is -3.82. The molecule has 0 spiro atoms. The number of nitrogens with zero attached hydrogens (tertiary/aromatic N) is 1. The molecule has 2 aromatic rings. The first-order valence-electron chi connectivity index (χ1n) is 9.98. The lowest BCUT2D eigenvalue weighted by atomic mass is 9.97. The number of nitrogens with one attached hydrogen (secondary N) is 2. The minimum absolute atomic E-state index is 0.0880. The van der Waals surface area contributed by atoms with Crippen LogP contribution in [-0.4, -0.2) is 44.2 Å². The Morgan fingerprint density at radius 3 is 2.66 bits per heavy atom. The van der Waals surface area contributed by atoms with E-state index < -0.39 is 21.8 Å². The normalized spacial score (nSPS) is 17.3. The predicted octanol–water partition coefficient (Wildman–Crippen LogP) is 3.27. The molecule has 2 aliphatic heterocycles. The van der Waals surface area contributed by atoms with Crippen molar-refractivity contribution in [2.75, 3.05) is 30.3 Å². The third-order valence-electron chi connectivity index (χ3n) is 5.54. The molecule has 2 aliphatic rings. The van der Waals surface area contributed by atoms with Crippen molar-refractivity contribution in [3.63, 3.8) is 0 Å². The summed E-state index contributed by atoms with van der Waals surface area (Å²) in [5.41, 5.74) is 1.01. The number of hydrogen-bond donors (Lipinski definition) is 2. The molecule has 4 rings (SSSR count). The fraction of sp³-hybridized carbons (Fsp3) is 0.333. The predicted molar refractivity (Wildman–Crippen MR) is 120 cm³/mol. The molecule has 0 unspecified atom stereocenters. The van der Waals surface area contributed by atoms with Crippen molar-refractivity contribution in [2.45, 2.75) is 24.7 Å². The van der Waals surface area contributed by atoms with E-state index in [4.69, 9.17) is 4.74 Å². The summed E-state index contributed by atoms with van der Waals surface area (Å²) in [6.07, 6.45) is 0.638. The van der Waals surface area contributed by atoms with Crippen LogP contribution in [0.4, 0.5) is 15.8 Å². The second-order valence-electron chi connectivity index (χ2n) is 7.74. The summed E-state index contributed by atoms with van der Waals surface area (Å²) >= 11 is 3.17. The lowest BCUT2D eigenvalue weighted by Gasteiger charge is -2.31. The number of sulfonamides is 1. The number of carbonyl (C=O) groups excluding carboxylic acids is 2. The topological polar surface area (TPSA) is 105 Å². The van der Waals surface area contributed by atoms with Crippen LogP contribution in [0.1, 0.15) is 18.4 Å². The van der Waals surface area contributed by atoms with Crippen LogP contribution in [-0.2, 0) is 19.6 Å². The van der Waals surface area contributed by atoms with E-state index in [-0.39, 0.29) is 42.1 Å². The highest BCUT2D eigenvalue weighted by atomic mass is 79.9. The smallest absolute Gasteiger partial charge is 0.262 e. The van der Waals surface area contributed by atoms with E-state index >= 15 is 0 Å². The zero-order valence-corrected chi connectivity index (χ0v) is 19.6. The Labute approximate surface area is 193 Å². The molecule has 0 aliphatic carbocycles. The molecule has 0 atom stereocenters. The zero-order chi connectivity index (χ0) is 23.0. The Balaban J connectivity index is 1.44. The first kappa shape index (κ1) is 22.7. The Morgan fingerprint density at radius 1 is 1.25 bits per heavy atom. The van der Waals surface area contributed by atoms with E-state index in [1.165, 1.54) is 22.5 Å². The van der Waals surface area contributed by atoms with Crippen molar-refractivity contribution in [3.8, 4) is 5.75 Å². The van der Waals surface area contributed by atoms with Crippen LogP contribution >= 0.6 is 15.9 Å². The molecule has 1 saturated heterocycles. The Hall–Kier alpha value is -2.50. The molecule has 2 aromatic carbocycles. The quantitative estimate of drug-likeness (QED) is 0.637. The standard InChI is InChI=1S/C21H21BrFN3O5S/c1-12-8-17-18(31-11-20(27)24-17)10-19(12)32(29,30)26-6-4-13(5-7-26)21(28)25-16-3-2-14(22)9-15(16)23/h2-3,8-10,13H,4-7,11H2,1H3,(H,24,27)(H,25,28). The second kappa shape index (κ2) is 8.80. The number of aryl methyl sites for hydroxylation is 1. The molecule has 0 radical (unpaired) electrons. The molecule has 170 valence electrons. The van der Waals surface area contributed by atoms with Gasteiger partial charge in [0.2, 0.25) is 15.9 Å². The summed E-state index contributed by atoms with van der Waals surface area (Å²) in [6.45, 7) is 1.81. The molecule has 8 nitrogen and oxygen atoms in total. The Morgan fingerprint density at radius 2 is 1.97 bits per heavy atom. The van der Waals surface area contributed by atoms with Gasteiger partial charge < -0.3 is 15.4 Å². The average Bonchev–Trinajstić information content (AvgIpc) is 2.75. The van der Waals surface area contributed by atoms with E-state index in [2.05, 4.69) is 26.6 Å². The highest BCUT2D eigenvalue weighted by Crippen LogP contribution is 2.35. The number of benzene rings is 2. The van der Waals surface area contributed by atoms with Gasteiger partial charge in [-0.2, -0.15) is 4.31 Å². The summed E-state index contributed by atoms with van der Waals surface area (Å²) in [5.74, 6) is -1.30. The van der Waals surface area contributed by atoms with Gasteiger partial charge in [-0.15, -0.1) is 0 Å². The lowest BCUT2D eigenvalue weighted by molar-refractivity contribution is -0.121. The number of halogens is 2. The molecule has 1 fully saturated rings. The fourth-order valence-corrected chi connectivity index (χ4v) is 5.84. The van der Waals surface area contributed by atoms with Crippen LogP contribution in [0.15, 0.2) is 39.7 Å². The molecule has 32 heavy (non-hydrogen) atoms. The largest absolute Gasteiger partial charge is 0.482 e. The lowest BCUT2D eigenvalue weighted by Crippen LogP contribution is -2.41. The van der Waals surface area contributed by atoms with E-state index in [0.717, 1.165) is 0 Å². The number of ether oxygens (including phenoxy) is 1. The van der Waals surface area contributed by atoms with Crippen molar-refractivity contribution < 1.29 is 27.1 Å². The summed E-state index contributed by atoms with van der Waals surface area (Å²) in [6, 6.07) is 7.37. The monoisotopic (exact) mass is 525 g/mol. The fourth-order valence-electron chi connectivity index (χ4n) is 3.82. The van der Waals surface area contributed by atoms with Gasteiger partial charge in [0.15, 0.2) is 6.61 Å². The summed E-state index contributed by atoms with van der Waals surface area (Å²) in [5, 5.41) is 5.24. The van der Waals surface area contributed by atoms with E-state index in [0.29, 0.717) is 34.3 Å². The van der Waals surface area contributed by atoms with Gasteiger partial charge in [-0.3, -0.25) is 9.59 Å². The first-order valence-corrected chi connectivity index (χ1v) is 12.2. The van der Waals surface area contributed by atoms with Crippen molar-refractivity contribution in [3.05, 3.63) is 46.2 Å². The zero-order valence-electron chi connectivity index (χ0n) is 17.2. The van der Waals surface area contributed by atoms with Crippen molar-refractivity contribution in [1.82, 2.24) is 4.31 Å². The van der Waals surface area contributed by atoms with Crippen molar-refractivity contribution in [2.24, 2.45) is 5.92 Å². The van der Waals surface area contributed by atoms with Crippen LogP contribution in [0.2, 0.25) is 0 Å². The Kier molecular flexibility index (Phi) is 6.24.